The van der Waals surface area contributed by atoms with Gasteiger partial charge in [-0.05, 0) is 156 Å². The van der Waals surface area contributed by atoms with E-state index in [1.165, 1.54) is 111 Å². The first kappa shape index (κ1) is 39.6. The minimum atomic E-state index is -0.0457. The summed E-state index contributed by atoms with van der Waals surface area (Å²) in [5.41, 5.74) is 22.0. The molecule has 72 heavy (non-hydrogen) atoms. The van der Waals surface area contributed by atoms with Gasteiger partial charge >= 0.3 is 0 Å². The van der Waals surface area contributed by atoms with E-state index in [9.17, 15) is 0 Å². The molecule has 0 bridgehead atoms. The molecule has 4 heterocycles. The Morgan fingerprint density at radius 1 is 0.194 bits per heavy atom. The van der Waals surface area contributed by atoms with Gasteiger partial charge in [0.15, 0.2) is 0 Å². The predicted molar refractivity (Wildman–Crippen MR) is 307 cm³/mol. The number of hydrogen-bond donors (Lipinski definition) is 0. The maximum atomic E-state index is 2.62. The maximum absolute atomic E-state index is 2.62. The smallest absolute Gasteiger partial charge is 0.252 e. The van der Waals surface area contributed by atoms with Crippen molar-refractivity contribution in [3.8, 4) is 0 Å². The van der Waals surface area contributed by atoms with E-state index < -0.39 is 0 Å². The molecule has 4 aliphatic heterocycles. The summed E-state index contributed by atoms with van der Waals surface area (Å²) in [6.45, 7) is -0.0757. The van der Waals surface area contributed by atoms with E-state index >= 15 is 0 Å². The van der Waals surface area contributed by atoms with Gasteiger partial charge in [-0.1, -0.05) is 164 Å². The van der Waals surface area contributed by atoms with Crippen molar-refractivity contribution in [1.29, 1.82) is 0 Å². The minimum absolute atomic E-state index is 0.0299. The Morgan fingerprint density at radius 3 is 0.972 bits per heavy atom. The van der Waals surface area contributed by atoms with Crippen LogP contribution in [0.4, 0.5) is 68.2 Å². The Kier molecular flexibility index (Phi) is 8.31. The fourth-order valence-corrected chi connectivity index (χ4v) is 13.1. The third-order valence-electron chi connectivity index (χ3n) is 15.9. The van der Waals surface area contributed by atoms with Crippen LogP contribution in [-0.2, 0) is 0 Å². The number of nitrogens with zero attached hydrogens (tertiary/aromatic N) is 4. The zero-order valence-electron chi connectivity index (χ0n) is 39.2. The molecule has 12 aromatic carbocycles. The molecule has 0 saturated heterocycles. The van der Waals surface area contributed by atoms with Crippen LogP contribution in [0.25, 0.3) is 32.3 Å². The first-order valence-corrected chi connectivity index (χ1v) is 25.1. The molecule has 332 valence electrons. The number of anilines is 12. The SMILES string of the molecule is c1ccc(N2c3ccccc3B3c4cc5c(cc4N(c4ccccc4)c4cccc2c43)N(c2ccc3c4ccccc4c4ccccc4c3c2)c2cccc3c2B5c2ccccc2N3c2ccccc2)cc1. The van der Waals surface area contributed by atoms with Crippen LogP contribution in [0, 0.1) is 0 Å². The van der Waals surface area contributed by atoms with Gasteiger partial charge in [0.1, 0.15) is 0 Å². The quantitative estimate of drug-likeness (QED) is 0.129. The zero-order valence-corrected chi connectivity index (χ0v) is 39.2. The lowest BCUT2D eigenvalue weighted by atomic mass is 9.30. The van der Waals surface area contributed by atoms with Gasteiger partial charge in [-0.3, -0.25) is 0 Å². The normalized spacial score (nSPS) is 13.7. The fraction of sp³-hybridized carbons (Fsp3) is 0. The molecule has 0 amide bonds. The molecule has 0 fully saturated rings. The molecule has 0 saturated carbocycles. The number of para-hydroxylation sites is 5. The summed E-state index contributed by atoms with van der Waals surface area (Å²) in [5, 5.41) is 7.59. The average Bonchev–Trinajstić information content (AvgIpc) is 3.45. The molecule has 0 aliphatic carbocycles. The van der Waals surface area contributed by atoms with Gasteiger partial charge in [-0.2, -0.15) is 0 Å². The molecule has 0 aromatic heterocycles. The van der Waals surface area contributed by atoms with Gasteiger partial charge < -0.3 is 19.6 Å². The van der Waals surface area contributed by atoms with Crippen LogP contribution >= 0.6 is 0 Å². The molecule has 4 aliphatic rings. The van der Waals surface area contributed by atoms with E-state index in [0.717, 1.165) is 22.7 Å². The van der Waals surface area contributed by atoms with Crippen LogP contribution in [0.3, 0.4) is 0 Å². The van der Waals surface area contributed by atoms with Crippen molar-refractivity contribution in [3.05, 3.63) is 255 Å². The summed E-state index contributed by atoms with van der Waals surface area (Å²) >= 11 is 0. The molecule has 0 N–H and O–H groups in total. The second-order valence-electron chi connectivity index (χ2n) is 19.5. The van der Waals surface area contributed by atoms with E-state index in [2.05, 4.69) is 274 Å². The lowest BCUT2D eigenvalue weighted by molar-refractivity contribution is 1.24. The highest BCUT2D eigenvalue weighted by atomic mass is 15.2. The van der Waals surface area contributed by atoms with Gasteiger partial charge in [0.05, 0.1) is 0 Å². The number of rotatable bonds is 4. The minimum Gasteiger partial charge on any atom is -0.311 e. The highest BCUT2D eigenvalue weighted by molar-refractivity contribution is 7.03. The van der Waals surface area contributed by atoms with Gasteiger partial charge in [-0.15, -0.1) is 0 Å². The summed E-state index contributed by atoms with van der Waals surface area (Å²) < 4.78 is 0. The summed E-state index contributed by atoms with van der Waals surface area (Å²) in [6.07, 6.45) is 0. The van der Waals surface area contributed by atoms with E-state index in [4.69, 9.17) is 0 Å². The standard InChI is InChI=1S/C66H42B2N4/c1-4-20-43(21-5-1)69-57-32-16-14-30-53(57)67-55-41-56-64(42-63(55)71(45-24-8-3-9-25-45)61-36-18-34-59(69)65(61)67)72(46-38-39-51-49-28-11-10-26-47(49)48-27-12-13-29-50(48)52(51)40-46)62-37-19-35-60-66(62)68(56)54-31-15-17-33-58(54)70(60)44-22-6-2-7-23-44/h1-42H. The summed E-state index contributed by atoms with van der Waals surface area (Å²) in [5.74, 6) is 0. The summed E-state index contributed by atoms with van der Waals surface area (Å²) in [4.78, 5) is 10.1. The molecule has 0 atom stereocenters. The van der Waals surface area contributed by atoms with Crippen LogP contribution in [0.1, 0.15) is 0 Å². The van der Waals surface area contributed by atoms with Gasteiger partial charge in [0.2, 0.25) is 0 Å². The van der Waals surface area contributed by atoms with Crippen molar-refractivity contribution < 1.29 is 0 Å². The Labute approximate surface area is 419 Å². The van der Waals surface area contributed by atoms with Crippen molar-refractivity contribution in [2.45, 2.75) is 0 Å². The van der Waals surface area contributed by atoms with Crippen molar-refractivity contribution in [2.24, 2.45) is 0 Å². The number of hydrogen-bond acceptors (Lipinski definition) is 4. The van der Waals surface area contributed by atoms with Crippen molar-refractivity contribution >= 4 is 147 Å². The fourth-order valence-electron chi connectivity index (χ4n) is 13.1. The summed E-state index contributed by atoms with van der Waals surface area (Å²) in [7, 11) is 0. The van der Waals surface area contributed by atoms with E-state index in [1.54, 1.807) is 0 Å². The average molecular weight is 913 g/mol. The van der Waals surface area contributed by atoms with Gasteiger partial charge in [0, 0.05) is 68.2 Å². The van der Waals surface area contributed by atoms with Crippen LogP contribution in [0.2, 0.25) is 0 Å². The predicted octanol–water partition coefficient (Wildman–Crippen LogP) is 13.3. The molecule has 16 rings (SSSR count). The monoisotopic (exact) mass is 912 g/mol. The molecule has 4 nitrogen and oxygen atoms in total. The first-order chi connectivity index (χ1) is 35.8. The maximum Gasteiger partial charge on any atom is 0.252 e. The van der Waals surface area contributed by atoms with E-state index in [0.29, 0.717) is 0 Å². The Morgan fingerprint density at radius 2 is 0.528 bits per heavy atom. The Hall–Kier alpha value is -9.25. The number of fused-ring (bicyclic) bond motifs is 14. The van der Waals surface area contributed by atoms with Crippen LogP contribution in [0.5, 0.6) is 0 Å². The van der Waals surface area contributed by atoms with Crippen LogP contribution in [0.15, 0.2) is 255 Å². The second-order valence-corrected chi connectivity index (χ2v) is 19.5. The summed E-state index contributed by atoms with van der Waals surface area (Å²) in [6, 6.07) is 95.1. The first-order valence-electron chi connectivity index (χ1n) is 25.1. The van der Waals surface area contributed by atoms with Crippen molar-refractivity contribution in [2.75, 3.05) is 19.6 Å². The molecule has 0 radical (unpaired) electrons. The topological polar surface area (TPSA) is 13.0 Å². The Bertz CT molecular complexity index is 4180. The van der Waals surface area contributed by atoms with Crippen molar-refractivity contribution in [3.63, 3.8) is 0 Å². The molecule has 0 spiro atoms. The largest absolute Gasteiger partial charge is 0.311 e. The third-order valence-corrected chi connectivity index (χ3v) is 15.9. The zero-order chi connectivity index (χ0) is 47.0. The highest BCUT2D eigenvalue weighted by Gasteiger charge is 2.48. The van der Waals surface area contributed by atoms with Gasteiger partial charge in [-0.25, -0.2) is 0 Å². The Balaban J connectivity index is 1.03. The molecule has 0 unspecified atom stereocenters. The molecule has 12 aromatic rings. The van der Waals surface area contributed by atoms with Gasteiger partial charge in [0.25, 0.3) is 13.4 Å². The van der Waals surface area contributed by atoms with Crippen molar-refractivity contribution in [1.82, 2.24) is 0 Å². The number of benzene rings is 12. The third kappa shape index (κ3) is 5.44. The molecule has 6 heteroatoms. The molecular weight excluding hydrogens is 870 g/mol. The van der Waals surface area contributed by atoms with E-state index in [1.807, 2.05) is 0 Å². The van der Waals surface area contributed by atoms with E-state index in [-0.39, 0.29) is 13.4 Å². The molecular formula is C66H42B2N4. The highest BCUT2D eigenvalue weighted by Crippen LogP contribution is 2.49. The lowest BCUT2D eigenvalue weighted by Crippen LogP contribution is -2.65. The van der Waals surface area contributed by atoms with Crippen LogP contribution < -0.4 is 52.4 Å². The van der Waals surface area contributed by atoms with Crippen LogP contribution in [-0.4, -0.2) is 13.4 Å². The lowest BCUT2D eigenvalue weighted by Gasteiger charge is -2.47. The second kappa shape index (κ2) is 15.1.